The highest BCUT2D eigenvalue weighted by Crippen LogP contribution is 2.19. The second kappa shape index (κ2) is 8.89. The largest absolute Gasteiger partial charge is 0.381 e. The number of carbonyl (C=O) groups is 1. The lowest BCUT2D eigenvalue weighted by Crippen LogP contribution is -2.20. The van der Waals surface area contributed by atoms with E-state index in [1.165, 1.54) is 4.90 Å². The van der Waals surface area contributed by atoms with Crippen molar-refractivity contribution in [1.29, 1.82) is 0 Å². The summed E-state index contributed by atoms with van der Waals surface area (Å²) < 4.78 is 7.30. The lowest BCUT2D eigenvalue weighted by atomic mass is 10.0. The van der Waals surface area contributed by atoms with Crippen LogP contribution in [0.4, 0.5) is 5.69 Å². The van der Waals surface area contributed by atoms with Gasteiger partial charge in [0.05, 0.1) is 11.9 Å². The smallest absolute Gasteiger partial charge is 0.225 e. The van der Waals surface area contributed by atoms with Gasteiger partial charge in [0.2, 0.25) is 5.91 Å². The van der Waals surface area contributed by atoms with Gasteiger partial charge in [-0.3, -0.25) is 9.48 Å². The zero-order valence-electron chi connectivity index (χ0n) is 13.7. The summed E-state index contributed by atoms with van der Waals surface area (Å²) in [6, 6.07) is 10.1. The van der Waals surface area contributed by atoms with Gasteiger partial charge in [-0.25, -0.2) is 0 Å². The van der Waals surface area contributed by atoms with Crippen molar-refractivity contribution in [2.45, 2.75) is 30.7 Å². The molecule has 0 radical (unpaired) electrons. The molecule has 0 bridgehead atoms. The summed E-state index contributed by atoms with van der Waals surface area (Å²) in [7, 11) is 0. The van der Waals surface area contributed by atoms with Crippen molar-refractivity contribution in [3.05, 3.63) is 42.7 Å². The fourth-order valence-electron chi connectivity index (χ4n) is 2.72. The lowest BCUT2D eigenvalue weighted by Gasteiger charge is -2.21. The van der Waals surface area contributed by atoms with E-state index in [9.17, 15) is 4.79 Å². The van der Waals surface area contributed by atoms with Crippen molar-refractivity contribution in [2.24, 2.45) is 5.92 Å². The van der Waals surface area contributed by atoms with Crippen molar-refractivity contribution in [3.8, 4) is 0 Å². The van der Waals surface area contributed by atoms with Crippen LogP contribution in [0.15, 0.2) is 47.6 Å². The predicted molar refractivity (Wildman–Crippen MR) is 96.2 cm³/mol. The minimum atomic E-state index is 0.0315. The van der Waals surface area contributed by atoms with Crippen molar-refractivity contribution in [3.63, 3.8) is 0 Å². The molecule has 1 saturated heterocycles. The van der Waals surface area contributed by atoms with E-state index in [-0.39, 0.29) is 5.91 Å². The number of carbonyl (C=O) groups excluding carboxylic acids is 1. The summed E-state index contributed by atoms with van der Waals surface area (Å²) in [6.07, 6.45) is 6.29. The fraction of sp³-hybridized carbons (Fsp3) is 0.444. The Hall–Kier alpha value is -1.79. The molecule has 0 saturated carbocycles. The van der Waals surface area contributed by atoms with Crippen molar-refractivity contribution in [1.82, 2.24) is 9.78 Å². The van der Waals surface area contributed by atoms with Crippen LogP contribution in [0.1, 0.15) is 19.3 Å². The van der Waals surface area contributed by atoms with Gasteiger partial charge in [-0.2, -0.15) is 5.10 Å². The quantitative estimate of drug-likeness (QED) is 0.781. The highest BCUT2D eigenvalue weighted by Gasteiger charge is 2.15. The number of hydrogen-bond acceptors (Lipinski definition) is 4. The molecule has 0 unspecified atom stereocenters. The summed E-state index contributed by atoms with van der Waals surface area (Å²) in [5.41, 5.74) is 0.775. The highest BCUT2D eigenvalue weighted by molar-refractivity contribution is 7.99. The third-order valence-corrected chi connectivity index (χ3v) is 5.06. The summed E-state index contributed by atoms with van der Waals surface area (Å²) in [5.74, 6) is 1.42. The molecule has 5 nitrogen and oxygen atoms in total. The van der Waals surface area contributed by atoms with Gasteiger partial charge < -0.3 is 10.1 Å². The van der Waals surface area contributed by atoms with Crippen LogP contribution >= 0.6 is 11.8 Å². The Morgan fingerprint density at radius 2 is 2.08 bits per heavy atom. The molecule has 0 spiro atoms. The van der Waals surface area contributed by atoms with Gasteiger partial charge in [-0.05, 0) is 30.9 Å². The Labute approximate surface area is 146 Å². The molecule has 1 aromatic carbocycles. The molecular weight excluding hydrogens is 322 g/mol. The van der Waals surface area contributed by atoms with Gasteiger partial charge in [0.15, 0.2) is 0 Å². The van der Waals surface area contributed by atoms with E-state index in [1.54, 1.807) is 18.0 Å². The monoisotopic (exact) mass is 345 g/mol. The molecule has 128 valence electrons. The topological polar surface area (TPSA) is 56.2 Å². The molecule has 1 aliphatic heterocycles. The van der Waals surface area contributed by atoms with E-state index < -0.39 is 0 Å². The third-order valence-electron chi connectivity index (χ3n) is 4.04. The predicted octanol–water partition coefficient (Wildman–Crippen LogP) is 3.43. The van der Waals surface area contributed by atoms with E-state index in [0.717, 1.165) is 44.0 Å². The zero-order chi connectivity index (χ0) is 16.6. The van der Waals surface area contributed by atoms with Gasteiger partial charge in [0.1, 0.15) is 0 Å². The fourth-order valence-corrected chi connectivity index (χ4v) is 3.60. The molecule has 2 aromatic rings. The number of hydrogen-bond donors (Lipinski definition) is 1. The van der Waals surface area contributed by atoms with Crippen LogP contribution in [0.5, 0.6) is 0 Å². The number of thioether (sulfide) groups is 1. The maximum atomic E-state index is 12.0. The molecule has 2 heterocycles. The van der Waals surface area contributed by atoms with Crippen molar-refractivity contribution in [2.75, 3.05) is 24.3 Å². The van der Waals surface area contributed by atoms with E-state index >= 15 is 0 Å². The molecule has 1 N–H and O–H groups in total. The molecule has 0 atom stereocenters. The van der Waals surface area contributed by atoms with Crippen LogP contribution in [0.25, 0.3) is 0 Å². The summed E-state index contributed by atoms with van der Waals surface area (Å²) >= 11 is 1.69. The lowest BCUT2D eigenvalue weighted by molar-refractivity contribution is -0.115. The molecule has 1 aliphatic rings. The van der Waals surface area contributed by atoms with E-state index in [4.69, 9.17) is 4.74 Å². The summed E-state index contributed by atoms with van der Waals surface area (Å²) in [6.45, 7) is 2.58. The number of benzene rings is 1. The Kier molecular flexibility index (Phi) is 6.32. The van der Waals surface area contributed by atoms with E-state index in [2.05, 4.69) is 22.5 Å². The van der Waals surface area contributed by atoms with Crippen LogP contribution in [-0.2, 0) is 16.1 Å². The first kappa shape index (κ1) is 17.0. The van der Waals surface area contributed by atoms with Crippen molar-refractivity contribution < 1.29 is 9.53 Å². The minimum absolute atomic E-state index is 0.0315. The number of anilines is 1. The standard InChI is InChI=1S/C18H23N3O2S/c22-18(8-11-24-17-4-2-1-3-5-17)20-16-12-19-21(14-16)13-15-6-9-23-10-7-15/h1-5,12,14-15H,6-11,13H2,(H,20,22). The molecule has 1 amide bonds. The number of rotatable bonds is 7. The van der Waals surface area contributed by atoms with Crippen molar-refractivity contribution >= 4 is 23.4 Å². The average molecular weight is 345 g/mol. The second-order valence-electron chi connectivity index (χ2n) is 5.97. The zero-order valence-corrected chi connectivity index (χ0v) is 14.5. The summed E-state index contributed by atoms with van der Waals surface area (Å²) in [5, 5.41) is 7.27. The third kappa shape index (κ3) is 5.39. The Bertz CT molecular complexity index is 639. The maximum Gasteiger partial charge on any atom is 0.225 e. The number of nitrogens with one attached hydrogen (secondary N) is 1. The summed E-state index contributed by atoms with van der Waals surface area (Å²) in [4.78, 5) is 13.2. The van der Waals surface area contributed by atoms with E-state index in [1.807, 2.05) is 29.1 Å². The Morgan fingerprint density at radius 3 is 2.88 bits per heavy atom. The Balaban J connectivity index is 1.40. The second-order valence-corrected chi connectivity index (χ2v) is 7.13. The normalized spacial score (nSPS) is 15.3. The first-order chi connectivity index (χ1) is 11.8. The number of amides is 1. The molecule has 0 aliphatic carbocycles. The highest BCUT2D eigenvalue weighted by atomic mass is 32.2. The average Bonchev–Trinajstić information content (AvgIpc) is 3.03. The van der Waals surface area contributed by atoms with E-state index in [0.29, 0.717) is 12.3 Å². The first-order valence-corrected chi connectivity index (χ1v) is 9.36. The minimum Gasteiger partial charge on any atom is -0.381 e. The first-order valence-electron chi connectivity index (χ1n) is 8.37. The number of ether oxygens (including phenoxy) is 1. The molecular formula is C18H23N3O2S. The maximum absolute atomic E-state index is 12.0. The van der Waals surface area contributed by atoms with Crippen LogP contribution in [-0.4, -0.2) is 34.7 Å². The van der Waals surface area contributed by atoms with Crippen LogP contribution in [0.3, 0.4) is 0 Å². The number of aromatic nitrogens is 2. The SMILES string of the molecule is O=C(CCSc1ccccc1)Nc1cnn(CC2CCOCC2)c1. The molecule has 3 rings (SSSR count). The van der Waals surface area contributed by atoms with Gasteiger partial charge in [0.25, 0.3) is 0 Å². The van der Waals surface area contributed by atoms with Crippen LogP contribution < -0.4 is 5.32 Å². The van der Waals surface area contributed by atoms with Crippen LogP contribution in [0, 0.1) is 5.92 Å². The molecule has 1 fully saturated rings. The Morgan fingerprint density at radius 1 is 1.29 bits per heavy atom. The van der Waals surface area contributed by atoms with Crippen LogP contribution in [0.2, 0.25) is 0 Å². The molecule has 1 aromatic heterocycles. The molecule has 6 heteroatoms. The molecule has 24 heavy (non-hydrogen) atoms. The van der Waals surface area contributed by atoms with Gasteiger partial charge in [-0.1, -0.05) is 18.2 Å². The van der Waals surface area contributed by atoms with Gasteiger partial charge in [-0.15, -0.1) is 11.8 Å². The number of nitrogens with zero attached hydrogens (tertiary/aromatic N) is 2. The van der Waals surface area contributed by atoms with Gasteiger partial charge in [0, 0.05) is 43.0 Å². The van der Waals surface area contributed by atoms with Gasteiger partial charge >= 0.3 is 0 Å².